The molecule has 0 aliphatic heterocycles. The van der Waals surface area contributed by atoms with Crippen LogP contribution in [-0.4, -0.2) is 44.9 Å². The molecule has 0 aliphatic rings. The average molecular weight is 359 g/mol. The molecule has 0 aromatic heterocycles. The first-order valence-corrected chi connectivity index (χ1v) is 8.16. The minimum absolute atomic E-state index is 0.178. The molecule has 21 heavy (non-hydrogen) atoms. The SMILES string of the molecule is CCC(C)N(CCOC)C(CN)c1ccc(OC)c(Br)c1. The van der Waals surface area contributed by atoms with E-state index in [9.17, 15) is 0 Å². The second-order valence-electron chi connectivity index (χ2n) is 5.13. The quantitative estimate of drug-likeness (QED) is 0.736. The molecular weight excluding hydrogens is 332 g/mol. The van der Waals surface area contributed by atoms with Gasteiger partial charge in [0, 0.05) is 32.3 Å². The van der Waals surface area contributed by atoms with Crippen molar-refractivity contribution in [3.05, 3.63) is 28.2 Å². The monoisotopic (exact) mass is 358 g/mol. The summed E-state index contributed by atoms with van der Waals surface area (Å²) in [4.78, 5) is 2.41. The molecule has 1 aromatic rings. The molecule has 0 bridgehead atoms. The molecule has 120 valence electrons. The maximum absolute atomic E-state index is 6.06. The number of hydrogen-bond donors (Lipinski definition) is 1. The Balaban J connectivity index is 3.03. The Bertz CT molecular complexity index is 429. The van der Waals surface area contributed by atoms with E-state index in [1.165, 1.54) is 5.56 Å². The topological polar surface area (TPSA) is 47.7 Å². The van der Waals surface area contributed by atoms with Crippen molar-refractivity contribution in [1.82, 2.24) is 4.90 Å². The van der Waals surface area contributed by atoms with Crippen molar-refractivity contribution in [3.8, 4) is 5.75 Å². The van der Waals surface area contributed by atoms with Gasteiger partial charge in [-0.1, -0.05) is 13.0 Å². The second kappa shape index (κ2) is 9.41. The summed E-state index contributed by atoms with van der Waals surface area (Å²) in [5, 5.41) is 0. The number of hydrogen-bond acceptors (Lipinski definition) is 4. The first kappa shape index (κ1) is 18.4. The number of nitrogens with two attached hydrogens (primary N) is 1. The van der Waals surface area contributed by atoms with Crippen LogP contribution in [-0.2, 0) is 4.74 Å². The molecule has 0 heterocycles. The fourth-order valence-corrected chi connectivity index (χ4v) is 3.03. The van der Waals surface area contributed by atoms with Crippen LogP contribution in [0.1, 0.15) is 31.9 Å². The van der Waals surface area contributed by atoms with Crippen molar-refractivity contribution in [3.63, 3.8) is 0 Å². The highest BCUT2D eigenvalue weighted by Gasteiger charge is 2.23. The van der Waals surface area contributed by atoms with E-state index in [2.05, 4.69) is 46.8 Å². The molecule has 0 radical (unpaired) electrons. The summed E-state index contributed by atoms with van der Waals surface area (Å²) in [6.07, 6.45) is 1.08. The lowest BCUT2D eigenvalue weighted by molar-refractivity contribution is 0.0902. The standard InChI is InChI=1S/C16H27BrN2O2/c1-5-12(2)19(8-9-20-3)15(11-18)13-6-7-16(21-4)14(17)10-13/h6-7,10,12,15H,5,8-9,11,18H2,1-4H3. The number of ether oxygens (including phenoxy) is 2. The number of benzene rings is 1. The summed E-state index contributed by atoms with van der Waals surface area (Å²) in [5.41, 5.74) is 7.26. The second-order valence-corrected chi connectivity index (χ2v) is 5.99. The summed E-state index contributed by atoms with van der Waals surface area (Å²) in [6, 6.07) is 6.79. The van der Waals surface area contributed by atoms with Gasteiger partial charge in [-0.3, -0.25) is 4.90 Å². The van der Waals surface area contributed by atoms with Crippen LogP contribution in [0.25, 0.3) is 0 Å². The van der Waals surface area contributed by atoms with Gasteiger partial charge in [0.2, 0.25) is 0 Å². The zero-order valence-corrected chi connectivity index (χ0v) is 15.0. The third-order valence-corrected chi connectivity index (χ3v) is 4.51. The van der Waals surface area contributed by atoms with Gasteiger partial charge in [0.25, 0.3) is 0 Å². The molecule has 0 aliphatic carbocycles. The average Bonchev–Trinajstić information content (AvgIpc) is 2.50. The Morgan fingerprint density at radius 2 is 2.05 bits per heavy atom. The summed E-state index contributed by atoms with van der Waals surface area (Å²) in [5.74, 6) is 0.835. The van der Waals surface area contributed by atoms with Crippen LogP contribution in [0.3, 0.4) is 0 Å². The molecule has 4 nitrogen and oxygen atoms in total. The smallest absolute Gasteiger partial charge is 0.133 e. The van der Waals surface area contributed by atoms with Crippen LogP contribution in [0.15, 0.2) is 22.7 Å². The maximum atomic E-state index is 6.06. The van der Waals surface area contributed by atoms with Crippen molar-refractivity contribution < 1.29 is 9.47 Å². The molecule has 1 rings (SSSR count). The molecule has 0 spiro atoms. The minimum Gasteiger partial charge on any atom is -0.496 e. The highest BCUT2D eigenvalue weighted by atomic mass is 79.9. The van der Waals surface area contributed by atoms with E-state index in [-0.39, 0.29) is 6.04 Å². The van der Waals surface area contributed by atoms with E-state index in [0.717, 1.165) is 23.2 Å². The first-order chi connectivity index (χ1) is 10.1. The van der Waals surface area contributed by atoms with Gasteiger partial charge in [0.05, 0.1) is 18.2 Å². The lowest BCUT2D eigenvalue weighted by Gasteiger charge is -2.36. The largest absolute Gasteiger partial charge is 0.496 e. The van der Waals surface area contributed by atoms with Gasteiger partial charge in [-0.05, 0) is 47.0 Å². The fourth-order valence-electron chi connectivity index (χ4n) is 2.47. The maximum Gasteiger partial charge on any atom is 0.133 e. The van der Waals surface area contributed by atoms with Gasteiger partial charge in [-0.15, -0.1) is 0 Å². The van der Waals surface area contributed by atoms with Crippen LogP contribution >= 0.6 is 15.9 Å². The van der Waals surface area contributed by atoms with Gasteiger partial charge in [0.15, 0.2) is 0 Å². The number of methoxy groups -OCH3 is 2. The van der Waals surface area contributed by atoms with Crippen molar-refractivity contribution in [2.24, 2.45) is 5.73 Å². The summed E-state index contributed by atoms with van der Waals surface area (Å²) >= 11 is 3.55. The molecule has 5 heteroatoms. The zero-order chi connectivity index (χ0) is 15.8. The molecule has 0 fully saturated rings. The van der Waals surface area contributed by atoms with Crippen LogP contribution in [0, 0.1) is 0 Å². The normalized spacial score (nSPS) is 14.2. The molecule has 1 aromatic carbocycles. The van der Waals surface area contributed by atoms with E-state index >= 15 is 0 Å². The predicted molar refractivity (Wildman–Crippen MR) is 90.8 cm³/mol. The van der Waals surface area contributed by atoms with Crippen LogP contribution in [0.4, 0.5) is 0 Å². The van der Waals surface area contributed by atoms with E-state index in [4.69, 9.17) is 15.2 Å². The van der Waals surface area contributed by atoms with Gasteiger partial charge in [0.1, 0.15) is 5.75 Å². The summed E-state index contributed by atoms with van der Waals surface area (Å²) in [7, 11) is 3.40. The van der Waals surface area contributed by atoms with Crippen molar-refractivity contribution >= 4 is 15.9 Å². The van der Waals surface area contributed by atoms with Crippen molar-refractivity contribution in [2.45, 2.75) is 32.4 Å². The number of halogens is 1. The van der Waals surface area contributed by atoms with E-state index in [0.29, 0.717) is 19.2 Å². The Morgan fingerprint density at radius 3 is 2.52 bits per heavy atom. The number of rotatable bonds is 9. The molecule has 0 amide bonds. The van der Waals surface area contributed by atoms with Crippen LogP contribution < -0.4 is 10.5 Å². The lowest BCUT2D eigenvalue weighted by Crippen LogP contribution is -2.41. The van der Waals surface area contributed by atoms with Gasteiger partial charge >= 0.3 is 0 Å². The third kappa shape index (κ3) is 4.95. The van der Waals surface area contributed by atoms with Crippen LogP contribution in [0.5, 0.6) is 5.75 Å². The molecular formula is C16H27BrN2O2. The first-order valence-electron chi connectivity index (χ1n) is 7.37. The third-order valence-electron chi connectivity index (χ3n) is 3.89. The van der Waals surface area contributed by atoms with Crippen LogP contribution in [0.2, 0.25) is 0 Å². The molecule has 2 atom stereocenters. The lowest BCUT2D eigenvalue weighted by atomic mass is 10.0. The van der Waals surface area contributed by atoms with Gasteiger partial charge in [-0.25, -0.2) is 0 Å². The van der Waals surface area contributed by atoms with Gasteiger partial charge < -0.3 is 15.2 Å². The van der Waals surface area contributed by atoms with E-state index in [1.54, 1.807) is 14.2 Å². The van der Waals surface area contributed by atoms with Crippen molar-refractivity contribution in [1.29, 1.82) is 0 Å². The Labute approximate surface area is 136 Å². The highest BCUT2D eigenvalue weighted by Crippen LogP contribution is 2.31. The Kier molecular flexibility index (Phi) is 8.26. The van der Waals surface area contributed by atoms with Crippen molar-refractivity contribution in [2.75, 3.05) is 33.9 Å². The summed E-state index contributed by atoms with van der Waals surface area (Å²) in [6.45, 7) is 6.58. The predicted octanol–water partition coefficient (Wildman–Crippen LogP) is 3.20. The zero-order valence-electron chi connectivity index (χ0n) is 13.4. The molecule has 0 saturated carbocycles. The Morgan fingerprint density at radius 1 is 1.33 bits per heavy atom. The molecule has 0 saturated heterocycles. The van der Waals surface area contributed by atoms with E-state index in [1.807, 2.05) is 6.07 Å². The highest BCUT2D eigenvalue weighted by molar-refractivity contribution is 9.10. The Hall–Kier alpha value is -0.620. The molecule has 2 unspecified atom stereocenters. The van der Waals surface area contributed by atoms with E-state index < -0.39 is 0 Å². The summed E-state index contributed by atoms with van der Waals surface area (Å²) < 4.78 is 11.5. The fraction of sp³-hybridized carbons (Fsp3) is 0.625. The van der Waals surface area contributed by atoms with Gasteiger partial charge in [-0.2, -0.15) is 0 Å². The number of nitrogens with zero attached hydrogens (tertiary/aromatic N) is 1. The minimum atomic E-state index is 0.178. The molecule has 2 N–H and O–H groups in total.